The Morgan fingerprint density at radius 1 is 1.19 bits per heavy atom. The first-order valence-electron chi connectivity index (χ1n) is 10.1. The number of hydrogen-bond donors (Lipinski definition) is 2. The van der Waals surface area contributed by atoms with Crippen LogP contribution in [0.4, 0.5) is 18.9 Å². The largest absolute Gasteiger partial charge is 0.411 e. The molecule has 32 heavy (non-hydrogen) atoms. The molecule has 172 valence electrons. The predicted octanol–water partition coefficient (Wildman–Crippen LogP) is 5.13. The number of hydrogen-bond acceptors (Lipinski definition) is 4. The molecule has 0 amide bonds. The van der Waals surface area contributed by atoms with Crippen molar-refractivity contribution in [2.45, 2.75) is 26.7 Å². The molecule has 0 bridgehead atoms. The van der Waals surface area contributed by atoms with E-state index in [1.54, 1.807) is 0 Å². The maximum absolute atomic E-state index is 14.5. The van der Waals surface area contributed by atoms with Crippen molar-refractivity contribution in [3.8, 4) is 0 Å². The van der Waals surface area contributed by atoms with Crippen LogP contribution < -0.4 is 5.32 Å². The van der Waals surface area contributed by atoms with Gasteiger partial charge in [0.25, 0.3) is 0 Å². The van der Waals surface area contributed by atoms with Crippen LogP contribution in [0.1, 0.15) is 30.5 Å². The highest BCUT2D eigenvalue weighted by molar-refractivity contribution is 6.30. The van der Waals surface area contributed by atoms with Gasteiger partial charge in [-0.2, -0.15) is 0 Å². The SMILES string of the molecule is CN(C)CC(C)(C)CN=C1Cc2c(/C(Cc3ccc(F)c(Cl)c3)=N/O)cc(F)c(F)c2N1. The Kier molecular flexibility index (Phi) is 7.15. The number of benzene rings is 2. The Balaban J connectivity index is 1.91. The van der Waals surface area contributed by atoms with Gasteiger partial charge in [0.2, 0.25) is 0 Å². The van der Waals surface area contributed by atoms with E-state index in [9.17, 15) is 18.4 Å². The minimum atomic E-state index is -1.07. The zero-order valence-corrected chi connectivity index (χ0v) is 19.2. The number of anilines is 1. The van der Waals surface area contributed by atoms with Gasteiger partial charge >= 0.3 is 0 Å². The van der Waals surface area contributed by atoms with Crippen LogP contribution >= 0.6 is 11.6 Å². The topological polar surface area (TPSA) is 60.2 Å². The molecule has 0 atom stereocenters. The number of aliphatic imine (C=N–C) groups is 1. The lowest BCUT2D eigenvalue weighted by atomic mass is 9.93. The minimum absolute atomic E-state index is 0.0116. The van der Waals surface area contributed by atoms with Gasteiger partial charge in [0, 0.05) is 31.5 Å². The number of fused-ring (bicyclic) bond motifs is 1. The van der Waals surface area contributed by atoms with E-state index < -0.39 is 17.5 Å². The first-order chi connectivity index (χ1) is 15.0. The van der Waals surface area contributed by atoms with Crippen molar-refractivity contribution in [3.05, 3.63) is 63.4 Å². The third-order valence-corrected chi connectivity index (χ3v) is 5.46. The summed E-state index contributed by atoms with van der Waals surface area (Å²) in [6.45, 7) is 5.47. The second-order valence-electron chi connectivity index (χ2n) is 9.01. The molecule has 1 aliphatic heterocycles. The van der Waals surface area contributed by atoms with Gasteiger partial charge in [0.1, 0.15) is 11.7 Å². The van der Waals surface area contributed by atoms with E-state index in [4.69, 9.17) is 11.6 Å². The van der Waals surface area contributed by atoms with E-state index in [0.717, 1.165) is 12.6 Å². The molecule has 5 nitrogen and oxygen atoms in total. The van der Waals surface area contributed by atoms with E-state index in [-0.39, 0.29) is 40.2 Å². The summed E-state index contributed by atoms with van der Waals surface area (Å²) in [4.78, 5) is 6.66. The number of nitrogens with zero attached hydrogens (tertiary/aromatic N) is 3. The molecule has 0 spiro atoms. The molecule has 3 rings (SSSR count). The number of rotatable bonds is 7. The second kappa shape index (κ2) is 9.50. The van der Waals surface area contributed by atoms with Crippen molar-refractivity contribution < 1.29 is 18.4 Å². The Hall–Kier alpha value is -2.58. The van der Waals surface area contributed by atoms with Crippen molar-refractivity contribution in [3.63, 3.8) is 0 Å². The van der Waals surface area contributed by atoms with E-state index >= 15 is 0 Å². The quantitative estimate of drug-likeness (QED) is 0.338. The van der Waals surface area contributed by atoms with Gasteiger partial charge in [-0.1, -0.05) is 36.7 Å². The van der Waals surface area contributed by atoms with Crippen LogP contribution in [0.25, 0.3) is 0 Å². The molecule has 1 aliphatic rings. The first kappa shape index (κ1) is 24.1. The lowest BCUT2D eigenvalue weighted by Crippen LogP contribution is -2.31. The Labute approximate surface area is 190 Å². The summed E-state index contributed by atoms with van der Waals surface area (Å²) in [5, 5.41) is 15.7. The zero-order valence-electron chi connectivity index (χ0n) is 18.4. The molecule has 0 fully saturated rings. The number of oxime groups is 1. The number of nitrogens with one attached hydrogen (secondary N) is 1. The number of halogens is 4. The normalized spacial score (nSPS) is 15.4. The van der Waals surface area contributed by atoms with E-state index in [1.165, 1.54) is 18.2 Å². The molecule has 0 radical (unpaired) electrons. The van der Waals surface area contributed by atoms with E-state index in [2.05, 4.69) is 34.2 Å². The van der Waals surface area contributed by atoms with Gasteiger partial charge < -0.3 is 15.4 Å². The molecule has 1 heterocycles. The van der Waals surface area contributed by atoms with Crippen molar-refractivity contribution in [1.29, 1.82) is 0 Å². The second-order valence-corrected chi connectivity index (χ2v) is 9.42. The fraction of sp³-hybridized carbons (Fsp3) is 0.391. The smallest absolute Gasteiger partial charge is 0.182 e. The van der Waals surface area contributed by atoms with Gasteiger partial charge in [-0.15, -0.1) is 0 Å². The summed E-state index contributed by atoms with van der Waals surface area (Å²) in [5.74, 6) is -2.14. The van der Waals surface area contributed by atoms with Crippen LogP contribution in [0.3, 0.4) is 0 Å². The Morgan fingerprint density at radius 2 is 1.91 bits per heavy atom. The van der Waals surface area contributed by atoms with Crippen LogP contribution in [0.5, 0.6) is 0 Å². The van der Waals surface area contributed by atoms with Gasteiger partial charge in [-0.3, -0.25) is 4.99 Å². The highest BCUT2D eigenvalue weighted by Crippen LogP contribution is 2.33. The lowest BCUT2D eigenvalue weighted by Gasteiger charge is -2.26. The molecule has 0 saturated carbocycles. The molecule has 9 heteroatoms. The number of amidine groups is 1. The third-order valence-electron chi connectivity index (χ3n) is 5.17. The van der Waals surface area contributed by atoms with Gasteiger partial charge in [0.15, 0.2) is 11.6 Å². The average molecular weight is 467 g/mol. The van der Waals surface area contributed by atoms with Crippen LogP contribution in [-0.4, -0.2) is 48.8 Å². The lowest BCUT2D eigenvalue weighted by molar-refractivity contribution is 0.249. The molecule has 2 N–H and O–H groups in total. The van der Waals surface area contributed by atoms with Crippen molar-refractivity contribution >= 4 is 28.8 Å². The van der Waals surface area contributed by atoms with Crippen molar-refractivity contribution in [2.24, 2.45) is 15.6 Å². The maximum atomic E-state index is 14.5. The van der Waals surface area contributed by atoms with E-state index in [0.29, 0.717) is 23.5 Å². The molecule has 0 aromatic heterocycles. The fourth-order valence-corrected chi connectivity index (χ4v) is 4.13. The van der Waals surface area contributed by atoms with Gasteiger partial charge in [-0.05, 0) is 48.8 Å². The average Bonchev–Trinajstić information content (AvgIpc) is 3.14. The molecule has 2 aromatic rings. The predicted molar refractivity (Wildman–Crippen MR) is 122 cm³/mol. The summed E-state index contributed by atoms with van der Waals surface area (Å²) < 4.78 is 42.4. The summed E-state index contributed by atoms with van der Waals surface area (Å²) in [6.07, 6.45) is 0.291. The monoisotopic (exact) mass is 466 g/mol. The standard InChI is InChI=1S/C23H26ClF3N4O/c1-23(2,12-31(3)4)11-28-20-10-15-14(9-18(26)21(27)22(15)29-20)19(30-32)8-13-5-6-17(25)16(24)7-13/h5-7,9,32H,8,10-12H2,1-4H3,(H,28,29)/b30-19+. The molecule has 0 saturated heterocycles. The first-order valence-corrected chi connectivity index (χ1v) is 10.5. The summed E-state index contributed by atoms with van der Waals surface area (Å²) >= 11 is 5.83. The van der Waals surface area contributed by atoms with Crippen LogP contribution in [0, 0.1) is 22.9 Å². The van der Waals surface area contributed by atoms with Crippen LogP contribution in [0.15, 0.2) is 34.4 Å². The summed E-state index contributed by atoms with van der Waals surface area (Å²) in [5.41, 5.74) is 1.26. The zero-order chi connectivity index (χ0) is 23.6. The van der Waals surface area contributed by atoms with Crippen molar-refractivity contribution in [2.75, 3.05) is 32.5 Å². The van der Waals surface area contributed by atoms with E-state index in [1.807, 2.05) is 14.1 Å². The van der Waals surface area contributed by atoms with Gasteiger partial charge in [-0.25, -0.2) is 13.2 Å². The summed E-state index contributed by atoms with van der Waals surface area (Å²) in [6, 6.07) is 5.10. The van der Waals surface area contributed by atoms with Gasteiger partial charge in [0.05, 0.1) is 16.4 Å². The highest BCUT2D eigenvalue weighted by Gasteiger charge is 2.29. The molecule has 0 aliphatic carbocycles. The summed E-state index contributed by atoms with van der Waals surface area (Å²) in [7, 11) is 3.96. The highest BCUT2D eigenvalue weighted by atomic mass is 35.5. The molecular weight excluding hydrogens is 441 g/mol. The fourth-order valence-electron chi connectivity index (χ4n) is 3.93. The minimum Gasteiger partial charge on any atom is -0.411 e. The Morgan fingerprint density at radius 3 is 2.53 bits per heavy atom. The Bertz CT molecular complexity index is 1080. The molecule has 2 aromatic carbocycles. The molecular formula is C23H26ClF3N4O. The molecule has 0 unspecified atom stereocenters. The maximum Gasteiger partial charge on any atom is 0.182 e. The van der Waals surface area contributed by atoms with Crippen LogP contribution in [0.2, 0.25) is 5.02 Å². The third kappa shape index (κ3) is 5.42. The van der Waals surface area contributed by atoms with Crippen LogP contribution in [-0.2, 0) is 12.8 Å². The van der Waals surface area contributed by atoms with Crippen molar-refractivity contribution in [1.82, 2.24) is 4.90 Å².